The highest BCUT2D eigenvalue weighted by atomic mass is 32.2. The van der Waals surface area contributed by atoms with E-state index in [2.05, 4.69) is 17.1 Å². The van der Waals surface area contributed by atoms with Gasteiger partial charge >= 0.3 is 0 Å². The number of benzene rings is 1. The smallest absolute Gasteiger partial charge is 0.292 e. The van der Waals surface area contributed by atoms with E-state index in [1.54, 1.807) is 34.9 Å². The molecule has 144 valence electrons. The molecule has 0 aliphatic carbocycles. The average Bonchev–Trinajstić information content (AvgIpc) is 3.14. The van der Waals surface area contributed by atoms with Crippen LogP contribution in [0, 0.1) is 10.1 Å². The van der Waals surface area contributed by atoms with Crippen molar-refractivity contribution in [2.24, 2.45) is 0 Å². The Morgan fingerprint density at radius 1 is 1.19 bits per heavy atom. The predicted octanol–water partition coefficient (Wildman–Crippen LogP) is 3.00. The van der Waals surface area contributed by atoms with Crippen LogP contribution in [-0.2, 0) is 4.79 Å². The summed E-state index contributed by atoms with van der Waals surface area (Å²) in [6.45, 7) is 4.33. The third kappa shape index (κ3) is 5.11. The standard InChI is InChI=1S/C16H19N5O3S3/c1-2-25-15-17-18-16(27-15)26-11-14(22)20-9-7-19(8-10-20)12-5-3-4-6-13(12)21(23)24/h3-6H,2,7-11H2,1H3. The van der Waals surface area contributed by atoms with Crippen molar-refractivity contribution in [3.63, 3.8) is 0 Å². The van der Waals surface area contributed by atoms with Gasteiger partial charge in [-0.3, -0.25) is 14.9 Å². The Morgan fingerprint density at radius 2 is 1.85 bits per heavy atom. The minimum atomic E-state index is -0.364. The number of nitro benzene ring substituents is 1. The van der Waals surface area contributed by atoms with E-state index >= 15 is 0 Å². The molecule has 11 heteroatoms. The number of piperazine rings is 1. The summed E-state index contributed by atoms with van der Waals surface area (Å²) < 4.78 is 1.73. The Kier molecular flexibility index (Phi) is 6.91. The van der Waals surface area contributed by atoms with Gasteiger partial charge in [-0.15, -0.1) is 10.2 Å². The van der Waals surface area contributed by atoms with E-state index in [4.69, 9.17) is 0 Å². The fraction of sp³-hybridized carbons (Fsp3) is 0.438. The first kappa shape index (κ1) is 19.9. The van der Waals surface area contributed by atoms with Gasteiger partial charge in [0.15, 0.2) is 8.68 Å². The molecule has 0 atom stereocenters. The number of aromatic nitrogens is 2. The third-order valence-electron chi connectivity index (χ3n) is 4.03. The van der Waals surface area contributed by atoms with Crippen LogP contribution in [0.5, 0.6) is 0 Å². The number of rotatable bonds is 7. The van der Waals surface area contributed by atoms with E-state index in [-0.39, 0.29) is 16.5 Å². The van der Waals surface area contributed by atoms with Crippen LogP contribution >= 0.6 is 34.9 Å². The minimum absolute atomic E-state index is 0.0575. The maximum atomic E-state index is 12.5. The van der Waals surface area contributed by atoms with Crippen LogP contribution in [0.1, 0.15) is 6.92 Å². The highest BCUT2D eigenvalue weighted by Gasteiger charge is 2.25. The number of hydrogen-bond acceptors (Lipinski definition) is 9. The van der Waals surface area contributed by atoms with Gasteiger partial charge in [-0.05, 0) is 11.8 Å². The van der Waals surface area contributed by atoms with Crippen LogP contribution in [-0.4, -0.2) is 63.6 Å². The highest BCUT2D eigenvalue weighted by Crippen LogP contribution is 2.30. The summed E-state index contributed by atoms with van der Waals surface area (Å²) in [4.78, 5) is 27.1. The number of hydrogen-bond donors (Lipinski definition) is 0. The van der Waals surface area contributed by atoms with E-state index in [1.165, 1.54) is 29.2 Å². The van der Waals surface area contributed by atoms with Crippen molar-refractivity contribution < 1.29 is 9.72 Å². The topological polar surface area (TPSA) is 92.5 Å². The molecule has 1 fully saturated rings. The fourth-order valence-electron chi connectivity index (χ4n) is 2.73. The summed E-state index contributed by atoms with van der Waals surface area (Å²) in [5.74, 6) is 1.33. The van der Waals surface area contributed by atoms with Crippen molar-refractivity contribution in [3.8, 4) is 0 Å². The number of amides is 1. The third-order valence-corrected chi connectivity index (χ3v) is 7.08. The molecule has 0 saturated carbocycles. The van der Waals surface area contributed by atoms with Gasteiger partial charge in [0.1, 0.15) is 5.69 Å². The first-order valence-corrected chi connectivity index (χ1v) is 11.2. The van der Waals surface area contributed by atoms with Gasteiger partial charge in [-0.2, -0.15) is 0 Å². The predicted molar refractivity (Wildman–Crippen MR) is 109 cm³/mol. The molecule has 1 saturated heterocycles. The number of nitro groups is 1. The summed E-state index contributed by atoms with van der Waals surface area (Å²) in [7, 11) is 0. The molecule has 1 aliphatic rings. The number of nitrogens with zero attached hydrogens (tertiary/aromatic N) is 5. The fourth-order valence-corrected chi connectivity index (χ4v) is 5.55. The zero-order chi connectivity index (χ0) is 19.2. The minimum Gasteiger partial charge on any atom is -0.362 e. The lowest BCUT2D eigenvalue weighted by molar-refractivity contribution is -0.384. The van der Waals surface area contributed by atoms with Gasteiger partial charge in [0.25, 0.3) is 5.69 Å². The van der Waals surface area contributed by atoms with E-state index in [0.29, 0.717) is 37.6 Å². The van der Waals surface area contributed by atoms with Crippen molar-refractivity contribution in [1.29, 1.82) is 0 Å². The van der Waals surface area contributed by atoms with Crippen molar-refractivity contribution in [1.82, 2.24) is 15.1 Å². The molecule has 1 aliphatic heterocycles. The summed E-state index contributed by atoms with van der Waals surface area (Å²) in [6.07, 6.45) is 0. The molecular weight excluding hydrogens is 406 g/mol. The largest absolute Gasteiger partial charge is 0.362 e. The van der Waals surface area contributed by atoms with Crippen LogP contribution in [0.4, 0.5) is 11.4 Å². The Morgan fingerprint density at radius 3 is 2.52 bits per heavy atom. The second-order valence-corrected chi connectivity index (χ2v) is 9.38. The van der Waals surface area contributed by atoms with E-state index in [1.807, 2.05) is 4.90 Å². The van der Waals surface area contributed by atoms with E-state index < -0.39 is 0 Å². The number of para-hydroxylation sites is 2. The molecule has 8 nitrogen and oxygen atoms in total. The molecule has 0 N–H and O–H groups in total. The lowest BCUT2D eigenvalue weighted by atomic mass is 10.2. The molecule has 3 rings (SSSR count). The maximum absolute atomic E-state index is 12.5. The van der Waals surface area contributed by atoms with Crippen LogP contribution in [0.2, 0.25) is 0 Å². The Hall–Kier alpha value is -1.85. The molecule has 1 aromatic carbocycles. The number of thioether (sulfide) groups is 2. The highest BCUT2D eigenvalue weighted by molar-refractivity contribution is 8.03. The number of carbonyl (C=O) groups excluding carboxylic acids is 1. The molecule has 0 radical (unpaired) electrons. The lowest BCUT2D eigenvalue weighted by Gasteiger charge is -2.35. The second kappa shape index (κ2) is 9.38. The van der Waals surface area contributed by atoms with Crippen molar-refractivity contribution in [2.75, 3.05) is 42.6 Å². The molecule has 0 bridgehead atoms. The van der Waals surface area contributed by atoms with Gasteiger partial charge in [-0.25, -0.2) is 0 Å². The number of carbonyl (C=O) groups is 1. The Bertz CT molecular complexity index is 808. The SMILES string of the molecule is CCSc1nnc(SCC(=O)N2CCN(c3ccccc3[N+](=O)[O-])CC2)s1. The number of anilines is 1. The second-order valence-electron chi connectivity index (χ2n) is 5.67. The van der Waals surface area contributed by atoms with Crippen molar-refractivity contribution in [3.05, 3.63) is 34.4 Å². The van der Waals surface area contributed by atoms with Crippen LogP contribution < -0.4 is 4.90 Å². The Balaban J connectivity index is 1.51. The van der Waals surface area contributed by atoms with Gasteiger partial charge < -0.3 is 9.80 Å². The molecule has 2 aromatic rings. The molecule has 2 heterocycles. The molecule has 1 amide bonds. The van der Waals surface area contributed by atoms with Gasteiger partial charge in [0.05, 0.1) is 10.7 Å². The zero-order valence-electron chi connectivity index (χ0n) is 14.7. The quantitative estimate of drug-likeness (QED) is 0.380. The van der Waals surface area contributed by atoms with E-state index in [9.17, 15) is 14.9 Å². The summed E-state index contributed by atoms with van der Waals surface area (Å²) in [5.41, 5.74) is 0.712. The molecule has 1 aromatic heterocycles. The van der Waals surface area contributed by atoms with Crippen LogP contribution in [0.25, 0.3) is 0 Å². The van der Waals surface area contributed by atoms with Gasteiger partial charge in [0, 0.05) is 32.2 Å². The maximum Gasteiger partial charge on any atom is 0.292 e. The van der Waals surface area contributed by atoms with Crippen LogP contribution in [0.15, 0.2) is 32.9 Å². The molecule has 27 heavy (non-hydrogen) atoms. The van der Waals surface area contributed by atoms with Crippen LogP contribution in [0.3, 0.4) is 0 Å². The normalized spacial score (nSPS) is 14.4. The lowest BCUT2D eigenvalue weighted by Crippen LogP contribution is -2.49. The van der Waals surface area contributed by atoms with Crippen molar-refractivity contribution >= 4 is 52.1 Å². The zero-order valence-corrected chi connectivity index (χ0v) is 17.2. The first-order valence-electron chi connectivity index (χ1n) is 8.43. The molecule has 0 spiro atoms. The van der Waals surface area contributed by atoms with Crippen molar-refractivity contribution in [2.45, 2.75) is 15.6 Å². The summed E-state index contributed by atoms with van der Waals surface area (Å²) >= 11 is 4.56. The van der Waals surface area contributed by atoms with E-state index in [0.717, 1.165) is 14.4 Å². The molecule has 0 unspecified atom stereocenters. The molecular formula is C16H19N5O3S3. The van der Waals surface area contributed by atoms with Gasteiger partial charge in [0.2, 0.25) is 5.91 Å². The summed E-state index contributed by atoms with van der Waals surface area (Å²) in [5, 5.41) is 19.4. The average molecular weight is 426 g/mol. The first-order chi connectivity index (χ1) is 13.1. The summed E-state index contributed by atoms with van der Waals surface area (Å²) in [6, 6.07) is 6.73. The van der Waals surface area contributed by atoms with Gasteiger partial charge in [-0.1, -0.05) is 53.9 Å². The monoisotopic (exact) mass is 425 g/mol. The Labute approximate surface area is 169 Å².